The molecule has 2 fully saturated rings. The van der Waals surface area contributed by atoms with Crippen molar-refractivity contribution >= 4 is 17.8 Å². The van der Waals surface area contributed by atoms with Gasteiger partial charge in [0.05, 0.1) is 5.69 Å². The molecule has 0 saturated carbocycles. The highest BCUT2D eigenvalue weighted by molar-refractivity contribution is 5.91. The lowest BCUT2D eigenvalue weighted by atomic mass is 9.84. The van der Waals surface area contributed by atoms with E-state index < -0.39 is 0 Å². The average Bonchev–Trinajstić information content (AvgIpc) is 2.98. The fourth-order valence-corrected chi connectivity index (χ4v) is 5.13. The van der Waals surface area contributed by atoms with Crippen LogP contribution in [0.4, 0.5) is 5.82 Å². The van der Waals surface area contributed by atoms with Crippen molar-refractivity contribution in [3.05, 3.63) is 42.0 Å². The number of hydrogen-bond donors (Lipinski definition) is 2. The van der Waals surface area contributed by atoms with E-state index in [9.17, 15) is 9.90 Å². The lowest BCUT2D eigenvalue weighted by molar-refractivity contribution is -0.123. The number of piperidine rings is 1. The number of hydrogen-bond acceptors (Lipinski definition) is 6. The Morgan fingerprint density at radius 2 is 1.78 bits per heavy atom. The third-order valence-corrected chi connectivity index (χ3v) is 6.92. The number of phenolic OH excluding ortho intramolecular Hbond substituents is 1. The standard InChI is InChI=1S/C25H33N5O2/c1-24-12-13-25(2,28-24)16-18(15-24)30(5)22-10-9-20(26-27-22)19-8-6-17(14-21(19)31)7-11-23(32)29(3)4/h6-11,14,18,28,31H,12-13,15-16H2,1-5H3/b11-7+/t18-,24-,25+. The molecule has 0 aliphatic carbocycles. The van der Waals surface area contributed by atoms with Crippen molar-refractivity contribution in [2.24, 2.45) is 0 Å². The molecule has 170 valence electrons. The number of rotatable bonds is 5. The van der Waals surface area contributed by atoms with E-state index in [-0.39, 0.29) is 22.7 Å². The number of nitrogens with one attached hydrogen (secondary N) is 1. The zero-order chi connectivity index (χ0) is 23.1. The van der Waals surface area contributed by atoms with Gasteiger partial charge in [-0.15, -0.1) is 10.2 Å². The summed E-state index contributed by atoms with van der Waals surface area (Å²) in [4.78, 5) is 15.5. The number of nitrogens with zero attached hydrogens (tertiary/aromatic N) is 4. The van der Waals surface area contributed by atoms with Crippen molar-refractivity contribution in [2.75, 3.05) is 26.0 Å². The second-order valence-electron chi connectivity index (χ2n) is 10.0. The third-order valence-electron chi connectivity index (χ3n) is 6.92. The number of phenols is 1. The summed E-state index contributed by atoms with van der Waals surface area (Å²) in [7, 11) is 5.49. The Kier molecular flexibility index (Phi) is 5.71. The molecule has 2 bridgehead atoms. The zero-order valence-electron chi connectivity index (χ0n) is 19.6. The number of aromatic nitrogens is 2. The Balaban J connectivity index is 1.48. The topological polar surface area (TPSA) is 81.6 Å². The van der Waals surface area contributed by atoms with E-state index >= 15 is 0 Å². The van der Waals surface area contributed by atoms with Gasteiger partial charge in [0.2, 0.25) is 5.91 Å². The molecule has 3 atom stereocenters. The normalized spacial score (nSPS) is 27.0. The number of anilines is 1. The largest absolute Gasteiger partial charge is 0.507 e. The minimum Gasteiger partial charge on any atom is -0.507 e. The number of amides is 1. The van der Waals surface area contributed by atoms with Crippen LogP contribution in [0.15, 0.2) is 36.4 Å². The number of fused-ring (bicyclic) bond motifs is 2. The molecule has 0 unspecified atom stereocenters. The fourth-order valence-electron chi connectivity index (χ4n) is 5.13. The second-order valence-corrected chi connectivity index (χ2v) is 10.0. The van der Waals surface area contributed by atoms with Gasteiger partial charge >= 0.3 is 0 Å². The van der Waals surface area contributed by atoms with E-state index in [1.54, 1.807) is 32.3 Å². The molecular formula is C25H33N5O2. The zero-order valence-corrected chi connectivity index (χ0v) is 19.6. The van der Waals surface area contributed by atoms with Crippen LogP contribution in [0.5, 0.6) is 5.75 Å². The van der Waals surface area contributed by atoms with Gasteiger partial charge in [0, 0.05) is 49.9 Å². The molecule has 32 heavy (non-hydrogen) atoms. The maximum atomic E-state index is 11.7. The fraction of sp³-hybridized carbons (Fsp3) is 0.480. The smallest absolute Gasteiger partial charge is 0.246 e. The first-order valence-corrected chi connectivity index (χ1v) is 11.2. The first-order chi connectivity index (χ1) is 15.1. The third kappa shape index (κ3) is 4.48. The summed E-state index contributed by atoms with van der Waals surface area (Å²) in [5.41, 5.74) is 2.36. The maximum Gasteiger partial charge on any atom is 0.246 e. The molecule has 0 spiro atoms. The summed E-state index contributed by atoms with van der Waals surface area (Å²) < 4.78 is 0. The van der Waals surface area contributed by atoms with Crippen LogP contribution in [0.1, 0.15) is 45.1 Å². The van der Waals surface area contributed by atoms with E-state index in [0.717, 1.165) is 24.2 Å². The summed E-state index contributed by atoms with van der Waals surface area (Å²) in [6, 6.07) is 9.57. The van der Waals surface area contributed by atoms with Crippen molar-refractivity contribution in [3.8, 4) is 17.0 Å². The molecule has 2 aliphatic rings. The van der Waals surface area contributed by atoms with Gasteiger partial charge in [-0.25, -0.2) is 0 Å². The molecule has 4 rings (SSSR count). The molecule has 0 radical (unpaired) electrons. The summed E-state index contributed by atoms with van der Waals surface area (Å²) in [6.07, 6.45) is 7.77. The van der Waals surface area contributed by atoms with Crippen molar-refractivity contribution in [1.29, 1.82) is 0 Å². The van der Waals surface area contributed by atoms with E-state index in [1.165, 1.54) is 23.8 Å². The van der Waals surface area contributed by atoms with Gasteiger partial charge in [0.15, 0.2) is 5.82 Å². The van der Waals surface area contributed by atoms with Gasteiger partial charge in [0.25, 0.3) is 0 Å². The highest BCUT2D eigenvalue weighted by atomic mass is 16.3. The van der Waals surface area contributed by atoms with E-state index in [0.29, 0.717) is 17.3 Å². The van der Waals surface area contributed by atoms with Gasteiger partial charge in [-0.1, -0.05) is 6.07 Å². The minimum absolute atomic E-state index is 0.107. The lowest BCUT2D eigenvalue weighted by Gasteiger charge is -2.45. The molecule has 7 nitrogen and oxygen atoms in total. The van der Waals surface area contributed by atoms with Crippen LogP contribution in [-0.4, -0.2) is 64.4 Å². The van der Waals surface area contributed by atoms with Crippen LogP contribution in [0.3, 0.4) is 0 Å². The highest BCUT2D eigenvalue weighted by Crippen LogP contribution is 2.43. The van der Waals surface area contributed by atoms with Crippen molar-refractivity contribution < 1.29 is 9.90 Å². The highest BCUT2D eigenvalue weighted by Gasteiger charge is 2.49. The Labute approximate surface area is 190 Å². The average molecular weight is 436 g/mol. The van der Waals surface area contributed by atoms with Crippen molar-refractivity contribution in [3.63, 3.8) is 0 Å². The molecule has 2 N–H and O–H groups in total. The summed E-state index contributed by atoms with van der Waals surface area (Å²) in [6.45, 7) is 4.65. The summed E-state index contributed by atoms with van der Waals surface area (Å²) >= 11 is 0. The number of aromatic hydroxyl groups is 1. The predicted molar refractivity (Wildman–Crippen MR) is 127 cm³/mol. The number of carbonyl (C=O) groups excluding carboxylic acids is 1. The van der Waals surface area contributed by atoms with E-state index in [1.807, 2.05) is 18.2 Å². The van der Waals surface area contributed by atoms with E-state index in [2.05, 4.69) is 41.3 Å². The Morgan fingerprint density at radius 3 is 2.34 bits per heavy atom. The molecule has 1 aromatic heterocycles. The molecule has 3 heterocycles. The molecule has 1 aromatic carbocycles. The van der Waals surface area contributed by atoms with E-state index in [4.69, 9.17) is 0 Å². The first-order valence-electron chi connectivity index (χ1n) is 11.2. The first kappa shape index (κ1) is 22.3. The van der Waals surface area contributed by atoms with Crippen LogP contribution in [-0.2, 0) is 4.79 Å². The second kappa shape index (κ2) is 8.20. The van der Waals surface area contributed by atoms with Crippen molar-refractivity contribution in [2.45, 2.75) is 56.7 Å². The quantitative estimate of drug-likeness (QED) is 0.700. The maximum absolute atomic E-state index is 11.7. The van der Waals surface area contributed by atoms with Gasteiger partial charge in [-0.05, 0) is 75.4 Å². The van der Waals surface area contributed by atoms with Crippen LogP contribution in [0.2, 0.25) is 0 Å². The predicted octanol–water partition coefficient (Wildman–Crippen LogP) is 3.45. The van der Waals surface area contributed by atoms with Gasteiger partial charge < -0.3 is 20.2 Å². The van der Waals surface area contributed by atoms with Gasteiger partial charge in [-0.2, -0.15) is 0 Å². The SMILES string of the molecule is CN(C)C(=O)/C=C/c1ccc(-c2ccc(N(C)[C@H]3C[C@]4(C)CC[C@](C)(C3)N4)nn2)c(O)c1. The molecule has 2 aliphatic heterocycles. The summed E-state index contributed by atoms with van der Waals surface area (Å²) in [5, 5.41) is 23.2. The monoisotopic (exact) mass is 435 g/mol. The molecule has 1 amide bonds. The number of carbonyl (C=O) groups is 1. The minimum atomic E-state index is -0.108. The summed E-state index contributed by atoms with van der Waals surface area (Å²) in [5.74, 6) is 0.841. The Hall–Kier alpha value is -2.93. The van der Waals surface area contributed by atoms with Crippen LogP contribution < -0.4 is 10.2 Å². The Bertz CT molecular complexity index is 1020. The van der Waals surface area contributed by atoms with Crippen LogP contribution in [0.25, 0.3) is 17.3 Å². The lowest BCUT2D eigenvalue weighted by Crippen LogP contribution is -2.58. The van der Waals surface area contributed by atoms with Gasteiger partial charge in [-0.3, -0.25) is 4.79 Å². The molecule has 2 aromatic rings. The molecule has 7 heteroatoms. The van der Waals surface area contributed by atoms with Crippen molar-refractivity contribution in [1.82, 2.24) is 20.4 Å². The van der Waals surface area contributed by atoms with Crippen LogP contribution in [0, 0.1) is 0 Å². The molecule has 2 saturated heterocycles. The number of benzene rings is 1. The number of likely N-dealkylation sites (N-methyl/N-ethyl adjacent to an activating group) is 1. The molecular weight excluding hydrogens is 402 g/mol. The Morgan fingerprint density at radius 1 is 1.09 bits per heavy atom. The van der Waals surface area contributed by atoms with Gasteiger partial charge in [0.1, 0.15) is 5.75 Å². The van der Waals surface area contributed by atoms with Crippen LogP contribution >= 0.6 is 0 Å².